The molecule has 1 aromatic rings. The number of benzene rings is 1. The van der Waals surface area contributed by atoms with Gasteiger partial charge in [-0.05, 0) is 30.8 Å². The lowest BCUT2D eigenvalue weighted by atomic mass is 10.0. The fourth-order valence-electron chi connectivity index (χ4n) is 2.17. The average Bonchev–Trinajstić information content (AvgIpc) is 2.34. The van der Waals surface area contributed by atoms with Crippen LogP contribution in [0.25, 0.3) is 0 Å². The quantitative estimate of drug-likeness (QED) is 0.819. The molecule has 0 bridgehead atoms. The Labute approximate surface area is 115 Å². The van der Waals surface area contributed by atoms with Crippen molar-refractivity contribution in [2.45, 2.75) is 20.4 Å². The summed E-state index contributed by atoms with van der Waals surface area (Å²) in [5, 5.41) is 6.11. The highest BCUT2D eigenvalue weighted by Gasteiger charge is 2.24. The molecule has 0 spiro atoms. The highest BCUT2D eigenvalue weighted by Crippen LogP contribution is 2.14. The van der Waals surface area contributed by atoms with Crippen molar-refractivity contribution in [1.82, 2.24) is 10.2 Å². The van der Waals surface area contributed by atoms with Gasteiger partial charge in [0.2, 0.25) is 5.91 Å². The van der Waals surface area contributed by atoms with Gasteiger partial charge in [-0.15, -0.1) is 0 Å². The predicted octanol–water partition coefficient (Wildman–Crippen LogP) is 1.69. The van der Waals surface area contributed by atoms with E-state index in [9.17, 15) is 4.79 Å². The molecule has 4 heteroatoms. The Morgan fingerprint density at radius 1 is 1.37 bits per heavy atom. The maximum Gasteiger partial charge on any atom is 0.230 e. The van der Waals surface area contributed by atoms with Gasteiger partial charge in [0, 0.05) is 25.3 Å². The summed E-state index contributed by atoms with van der Waals surface area (Å²) < 4.78 is 0. The van der Waals surface area contributed by atoms with E-state index >= 15 is 0 Å². The van der Waals surface area contributed by atoms with E-state index < -0.39 is 0 Å². The minimum Gasteiger partial charge on any atom is -0.326 e. The molecule has 1 aliphatic rings. The van der Waals surface area contributed by atoms with Crippen LogP contribution in [0.3, 0.4) is 0 Å². The molecule has 1 heterocycles. The maximum absolute atomic E-state index is 11.9. The van der Waals surface area contributed by atoms with E-state index in [0.717, 1.165) is 38.4 Å². The van der Waals surface area contributed by atoms with Gasteiger partial charge in [0.1, 0.15) is 0 Å². The van der Waals surface area contributed by atoms with Crippen LogP contribution in [0.15, 0.2) is 24.3 Å². The first kappa shape index (κ1) is 14.0. The standard InChI is InChI=1S/C15H23N3O/c1-3-18(4-2)11-12-6-5-7-14(8-12)17-15(19)13-9-16-10-13/h5-8,13,16H,3-4,9-11H2,1-2H3,(H,17,19). The van der Waals surface area contributed by atoms with Crippen LogP contribution in [0.5, 0.6) is 0 Å². The Kier molecular flexibility index (Phi) is 4.93. The van der Waals surface area contributed by atoms with Gasteiger partial charge in [-0.3, -0.25) is 9.69 Å². The fourth-order valence-corrected chi connectivity index (χ4v) is 2.17. The van der Waals surface area contributed by atoms with E-state index in [1.54, 1.807) is 0 Å². The van der Waals surface area contributed by atoms with Crippen molar-refractivity contribution in [1.29, 1.82) is 0 Å². The van der Waals surface area contributed by atoms with Crippen LogP contribution < -0.4 is 10.6 Å². The summed E-state index contributed by atoms with van der Waals surface area (Å²) in [4.78, 5) is 14.2. The van der Waals surface area contributed by atoms with Gasteiger partial charge in [-0.25, -0.2) is 0 Å². The summed E-state index contributed by atoms with van der Waals surface area (Å²) in [5.74, 6) is 0.255. The number of rotatable bonds is 6. The van der Waals surface area contributed by atoms with Crippen LogP contribution in [0, 0.1) is 5.92 Å². The molecular formula is C15H23N3O. The molecule has 0 atom stereocenters. The largest absolute Gasteiger partial charge is 0.326 e. The van der Waals surface area contributed by atoms with Gasteiger partial charge in [0.15, 0.2) is 0 Å². The van der Waals surface area contributed by atoms with Gasteiger partial charge in [-0.2, -0.15) is 0 Å². The third-order valence-corrected chi connectivity index (χ3v) is 3.65. The average molecular weight is 261 g/mol. The van der Waals surface area contributed by atoms with Crippen molar-refractivity contribution in [3.05, 3.63) is 29.8 Å². The second kappa shape index (κ2) is 6.68. The maximum atomic E-state index is 11.9. The molecule has 0 saturated carbocycles. The zero-order chi connectivity index (χ0) is 13.7. The fraction of sp³-hybridized carbons (Fsp3) is 0.533. The summed E-state index contributed by atoms with van der Waals surface area (Å²) >= 11 is 0. The van der Waals surface area contributed by atoms with E-state index in [1.165, 1.54) is 5.56 Å². The third-order valence-electron chi connectivity index (χ3n) is 3.65. The Morgan fingerprint density at radius 3 is 2.68 bits per heavy atom. The van der Waals surface area contributed by atoms with Crippen molar-refractivity contribution < 1.29 is 4.79 Å². The van der Waals surface area contributed by atoms with Crippen molar-refractivity contribution in [3.63, 3.8) is 0 Å². The third kappa shape index (κ3) is 3.78. The van der Waals surface area contributed by atoms with Gasteiger partial charge in [-0.1, -0.05) is 26.0 Å². The van der Waals surface area contributed by atoms with Crippen molar-refractivity contribution >= 4 is 11.6 Å². The minimum absolute atomic E-state index is 0.124. The molecule has 1 amide bonds. The van der Waals surface area contributed by atoms with E-state index in [2.05, 4.69) is 41.5 Å². The molecular weight excluding hydrogens is 238 g/mol. The molecule has 1 aromatic carbocycles. The first-order valence-electron chi connectivity index (χ1n) is 7.05. The SMILES string of the molecule is CCN(CC)Cc1cccc(NC(=O)C2CNC2)c1. The number of amides is 1. The molecule has 2 N–H and O–H groups in total. The molecule has 19 heavy (non-hydrogen) atoms. The summed E-state index contributed by atoms with van der Waals surface area (Å²) in [5.41, 5.74) is 2.15. The van der Waals surface area contributed by atoms with E-state index in [4.69, 9.17) is 0 Å². The molecule has 1 aliphatic heterocycles. The van der Waals surface area contributed by atoms with Gasteiger partial charge < -0.3 is 10.6 Å². The van der Waals surface area contributed by atoms with Crippen LogP contribution in [-0.2, 0) is 11.3 Å². The minimum atomic E-state index is 0.124. The van der Waals surface area contributed by atoms with Crippen LogP contribution in [0.1, 0.15) is 19.4 Å². The van der Waals surface area contributed by atoms with Gasteiger partial charge >= 0.3 is 0 Å². The Bertz CT molecular complexity index is 425. The first-order valence-corrected chi connectivity index (χ1v) is 7.05. The smallest absolute Gasteiger partial charge is 0.230 e. The molecule has 2 rings (SSSR count). The lowest BCUT2D eigenvalue weighted by molar-refractivity contribution is -0.121. The second-order valence-corrected chi connectivity index (χ2v) is 5.01. The van der Waals surface area contributed by atoms with Crippen LogP contribution >= 0.6 is 0 Å². The topological polar surface area (TPSA) is 44.4 Å². The number of nitrogens with one attached hydrogen (secondary N) is 2. The molecule has 0 aliphatic carbocycles. The Morgan fingerprint density at radius 2 is 2.11 bits per heavy atom. The van der Waals surface area contributed by atoms with E-state index in [-0.39, 0.29) is 11.8 Å². The Hall–Kier alpha value is -1.39. The second-order valence-electron chi connectivity index (χ2n) is 5.01. The number of hydrogen-bond donors (Lipinski definition) is 2. The number of carbonyl (C=O) groups excluding carboxylic acids is 1. The predicted molar refractivity (Wildman–Crippen MR) is 78.1 cm³/mol. The zero-order valence-electron chi connectivity index (χ0n) is 11.8. The number of nitrogens with zero attached hydrogens (tertiary/aromatic N) is 1. The molecule has 104 valence electrons. The lowest BCUT2D eigenvalue weighted by Gasteiger charge is -2.26. The molecule has 4 nitrogen and oxygen atoms in total. The highest BCUT2D eigenvalue weighted by atomic mass is 16.2. The lowest BCUT2D eigenvalue weighted by Crippen LogP contribution is -2.48. The Balaban J connectivity index is 1.96. The normalized spacial score (nSPS) is 15.3. The van der Waals surface area contributed by atoms with Gasteiger partial charge in [0.25, 0.3) is 0 Å². The molecule has 0 aromatic heterocycles. The number of carbonyl (C=O) groups is 1. The molecule has 1 saturated heterocycles. The van der Waals surface area contributed by atoms with E-state index in [0.29, 0.717) is 0 Å². The van der Waals surface area contributed by atoms with Crippen LogP contribution in [0.4, 0.5) is 5.69 Å². The monoisotopic (exact) mass is 261 g/mol. The summed E-state index contributed by atoms with van der Waals surface area (Å²) in [6.45, 7) is 8.94. The number of anilines is 1. The molecule has 0 radical (unpaired) electrons. The first-order chi connectivity index (χ1) is 9.22. The number of hydrogen-bond acceptors (Lipinski definition) is 3. The van der Waals surface area contributed by atoms with Crippen LogP contribution in [0.2, 0.25) is 0 Å². The van der Waals surface area contributed by atoms with Gasteiger partial charge in [0.05, 0.1) is 5.92 Å². The molecule has 0 unspecified atom stereocenters. The summed E-state index contributed by atoms with van der Waals surface area (Å²) in [7, 11) is 0. The van der Waals surface area contributed by atoms with Crippen molar-refractivity contribution in [2.24, 2.45) is 5.92 Å². The van der Waals surface area contributed by atoms with Crippen molar-refractivity contribution in [2.75, 3.05) is 31.5 Å². The zero-order valence-corrected chi connectivity index (χ0v) is 11.8. The summed E-state index contributed by atoms with van der Waals surface area (Å²) in [6.07, 6.45) is 0. The highest BCUT2D eigenvalue weighted by molar-refractivity contribution is 5.93. The van der Waals surface area contributed by atoms with Crippen molar-refractivity contribution in [3.8, 4) is 0 Å². The molecule has 1 fully saturated rings. The summed E-state index contributed by atoms with van der Waals surface area (Å²) in [6, 6.07) is 8.14. The van der Waals surface area contributed by atoms with Crippen LogP contribution in [-0.4, -0.2) is 37.0 Å². The van der Waals surface area contributed by atoms with E-state index in [1.807, 2.05) is 12.1 Å².